The summed E-state index contributed by atoms with van der Waals surface area (Å²) >= 11 is 23.4. The SMILES string of the molecule is O=C(NS(=O)(=O)c1ccccc1Cl)c1nnn(-c2c(Cl)cc(Cl)cc2Cl)c1C(F)(F)F. The number of nitrogens with one attached hydrogen (secondary N) is 1. The highest BCUT2D eigenvalue weighted by atomic mass is 35.5. The average molecular weight is 534 g/mol. The number of halogens is 7. The topological polar surface area (TPSA) is 93.9 Å². The maximum absolute atomic E-state index is 13.8. The number of carbonyl (C=O) groups excluding carboxylic acids is 1. The Balaban J connectivity index is 2.12. The summed E-state index contributed by atoms with van der Waals surface area (Å²) in [5.74, 6) is -1.69. The van der Waals surface area contributed by atoms with Crippen molar-refractivity contribution in [1.82, 2.24) is 19.7 Å². The van der Waals surface area contributed by atoms with Crippen molar-refractivity contribution >= 4 is 62.3 Å². The monoisotopic (exact) mass is 532 g/mol. The molecular formula is C16H7Cl4F3N4O3S. The van der Waals surface area contributed by atoms with Crippen LogP contribution < -0.4 is 4.72 Å². The third-order valence-electron chi connectivity index (χ3n) is 3.70. The number of rotatable bonds is 4. The second-order valence-corrected chi connectivity index (χ2v) is 9.09. The van der Waals surface area contributed by atoms with E-state index in [1.54, 1.807) is 0 Å². The molecule has 0 unspecified atom stereocenters. The Kier molecular flexibility index (Phi) is 6.45. The van der Waals surface area contributed by atoms with Gasteiger partial charge in [-0.2, -0.15) is 13.2 Å². The quantitative estimate of drug-likeness (QED) is 0.508. The number of sulfonamides is 1. The van der Waals surface area contributed by atoms with Crippen LogP contribution in [-0.4, -0.2) is 29.3 Å². The fraction of sp³-hybridized carbons (Fsp3) is 0.0625. The Morgan fingerprint density at radius 3 is 2.13 bits per heavy atom. The Morgan fingerprint density at radius 1 is 1.00 bits per heavy atom. The Hall–Kier alpha value is -2.05. The molecule has 3 aromatic rings. The van der Waals surface area contributed by atoms with Gasteiger partial charge in [-0.3, -0.25) is 4.79 Å². The van der Waals surface area contributed by atoms with Crippen LogP contribution in [-0.2, 0) is 16.2 Å². The minimum absolute atomic E-state index is 0.0382. The van der Waals surface area contributed by atoms with Gasteiger partial charge in [0.1, 0.15) is 10.6 Å². The minimum atomic E-state index is -5.20. The summed E-state index contributed by atoms with van der Waals surface area (Å²) in [6.07, 6.45) is -5.20. The van der Waals surface area contributed by atoms with E-state index in [1.165, 1.54) is 22.9 Å². The molecule has 0 saturated heterocycles. The maximum Gasteiger partial charge on any atom is 0.435 e. The van der Waals surface area contributed by atoms with Crippen LogP contribution in [0.15, 0.2) is 41.3 Å². The number of nitrogens with zero attached hydrogens (tertiary/aromatic N) is 3. The van der Waals surface area contributed by atoms with Crippen LogP contribution in [0.25, 0.3) is 5.69 Å². The minimum Gasteiger partial charge on any atom is -0.266 e. The highest BCUT2D eigenvalue weighted by Gasteiger charge is 2.43. The fourth-order valence-corrected chi connectivity index (χ4v) is 4.92. The molecule has 0 aliphatic carbocycles. The molecule has 0 aliphatic rings. The molecule has 164 valence electrons. The van der Waals surface area contributed by atoms with Gasteiger partial charge in [-0.05, 0) is 24.3 Å². The van der Waals surface area contributed by atoms with Crippen LogP contribution in [0.3, 0.4) is 0 Å². The lowest BCUT2D eigenvalue weighted by Gasteiger charge is -2.14. The van der Waals surface area contributed by atoms with Gasteiger partial charge in [0.2, 0.25) is 0 Å². The van der Waals surface area contributed by atoms with E-state index in [9.17, 15) is 26.4 Å². The van der Waals surface area contributed by atoms with E-state index in [-0.39, 0.29) is 24.8 Å². The van der Waals surface area contributed by atoms with Crippen molar-refractivity contribution < 1.29 is 26.4 Å². The molecule has 31 heavy (non-hydrogen) atoms. The fourth-order valence-electron chi connectivity index (χ4n) is 2.47. The zero-order valence-electron chi connectivity index (χ0n) is 14.6. The molecule has 7 nitrogen and oxygen atoms in total. The predicted octanol–water partition coefficient (Wildman–Crippen LogP) is 5.02. The van der Waals surface area contributed by atoms with Crippen molar-refractivity contribution in [3.05, 3.63) is 67.9 Å². The molecule has 0 fully saturated rings. The summed E-state index contributed by atoms with van der Waals surface area (Å²) in [7, 11) is -4.62. The van der Waals surface area contributed by atoms with Gasteiger partial charge in [0.15, 0.2) is 11.4 Å². The molecule has 3 rings (SSSR count). The first-order chi connectivity index (χ1) is 14.3. The number of hydrogen-bond donors (Lipinski definition) is 1. The largest absolute Gasteiger partial charge is 0.435 e. The number of hydrogen-bond acceptors (Lipinski definition) is 5. The van der Waals surface area contributed by atoms with Crippen LogP contribution >= 0.6 is 46.4 Å². The number of carbonyl (C=O) groups is 1. The third kappa shape index (κ3) is 4.75. The van der Waals surface area contributed by atoms with Crippen LogP contribution in [0.2, 0.25) is 20.1 Å². The Labute approximate surface area is 192 Å². The van der Waals surface area contributed by atoms with E-state index >= 15 is 0 Å². The van der Waals surface area contributed by atoms with E-state index in [0.29, 0.717) is 0 Å². The summed E-state index contributed by atoms with van der Waals surface area (Å²) in [5, 5.41) is 5.65. The summed E-state index contributed by atoms with van der Waals surface area (Å²) in [6.45, 7) is 0. The normalized spacial score (nSPS) is 12.1. The van der Waals surface area contributed by atoms with Crippen molar-refractivity contribution in [1.29, 1.82) is 0 Å². The number of aromatic nitrogens is 3. The molecule has 0 bridgehead atoms. The molecule has 0 saturated carbocycles. The van der Waals surface area contributed by atoms with Crippen LogP contribution in [0.5, 0.6) is 0 Å². The zero-order chi connectivity index (χ0) is 23.1. The highest BCUT2D eigenvalue weighted by molar-refractivity contribution is 7.90. The number of benzene rings is 2. The van der Waals surface area contributed by atoms with Crippen LogP contribution in [0, 0.1) is 0 Å². The van der Waals surface area contributed by atoms with E-state index < -0.39 is 44.1 Å². The van der Waals surface area contributed by atoms with Gasteiger partial charge in [0.25, 0.3) is 15.9 Å². The predicted molar refractivity (Wildman–Crippen MR) is 107 cm³/mol. The molecule has 0 spiro atoms. The first-order valence-electron chi connectivity index (χ1n) is 7.82. The second-order valence-electron chi connectivity index (χ2n) is 5.78. The van der Waals surface area contributed by atoms with Gasteiger partial charge in [0.05, 0.1) is 15.1 Å². The molecule has 1 amide bonds. The second kappa shape index (κ2) is 8.47. The van der Waals surface area contributed by atoms with Gasteiger partial charge in [-0.1, -0.05) is 63.7 Å². The lowest BCUT2D eigenvalue weighted by molar-refractivity contribution is -0.143. The molecule has 2 aromatic carbocycles. The Morgan fingerprint density at radius 2 is 1.58 bits per heavy atom. The summed E-state index contributed by atoms with van der Waals surface area (Å²) in [4.78, 5) is 11.9. The van der Waals surface area contributed by atoms with E-state index in [0.717, 1.165) is 18.2 Å². The van der Waals surface area contributed by atoms with Gasteiger partial charge in [-0.25, -0.2) is 17.8 Å². The molecule has 15 heteroatoms. The third-order valence-corrected chi connectivity index (χ3v) is 6.33. The van der Waals surface area contributed by atoms with Gasteiger partial charge in [0, 0.05) is 5.02 Å². The highest BCUT2D eigenvalue weighted by Crippen LogP contribution is 2.38. The molecule has 1 aromatic heterocycles. The molecule has 0 aliphatic heterocycles. The van der Waals surface area contributed by atoms with Crippen molar-refractivity contribution in [2.75, 3.05) is 0 Å². The van der Waals surface area contributed by atoms with Gasteiger partial charge < -0.3 is 0 Å². The molecule has 0 atom stereocenters. The zero-order valence-corrected chi connectivity index (χ0v) is 18.4. The van der Waals surface area contributed by atoms with E-state index in [2.05, 4.69) is 10.3 Å². The van der Waals surface area contributed by atoms with Crippen molar-refractivity contribution in [3.8, 4) is 5.69 Å². The standard InChI is InChI=1S/C16H7Cl4F3N4O3S/c17-7-5-9(19)13(10(20)6-7)27-14(16(21,22)23)12(24-26-27)15(28)25-31(29,30)11-4-2-1-3-8(11)18/h1-6H,(H,25,28). The molecular weight excluding hydrogens is 527 g/mol. The van der Waals surface area contributed by atoms with Crippen LogP contribution in [0.4, 0.5) is 13.2 Å². The van der Waals surface area contributed by atoms with Gasteiger partial charge >= 0.3 is 6.18 Å². The van der Waals surface area contributed by atoms with Crippen molar-refractivity contribution in [2.45, 2.75) is 11.1 Å². The van der Waals surface area contributed by atoms with Gasteiger partial charge in [-0.15, -0.1) is 5.10 Å². The molecule has 0 radical (unpaired) electrons. The maximum atomic E-state index is 13.8. The van der Waals surface area contributed by atoms with E-state index in [4.69, 9.17) is 46.4 Å². The van der Waals surface area contributed by atoms with Crippen molar-refractivity contribution in [3.63, 3.8) is 0 Å². The first kappa shape index (κ1) is 23.6. The molecule has 1 N–H and O–H groups in total. The van der Waals surface area contributed by atoms with E-state index in [1.807, 2.05) is 0 Å². The lowest BCUT2D eigenvalue weighted by atomic mass is 10.2. The lowest BCUT2D eigenvalue weighted by Crippen LogP contribution is -2.33. The average Bonchev–Trinajstić information content (AvgIpc) is 3.06. The summed E-state index contributed by atoms with van der Waals surface area (Å²) in [6, 6.07) is 7.24. The smallest absolute Gasteiger partial charge is 0.266 e. The molecule has 1 heterocycles. The van der Waals surface area contributed by atoms with Crippen LogP contribution in [0.1, 0.15) is 16.2 Å². The Bertz CT molecular complexity index is 1270. The summed E-state index contributed by atoms with van der Waals surface area (Å²) in [5.41, 5.74) is -3.49. The summed E-state index contributed by atoms with van der Waals surface area (Å²) < 4.78 is 67.9. The number of alkyl halides is 3. The van der Waals surface area contributed by atoms with Crippen molar-refractivity contribution in [2.24, 2.45) is 0 Å². The first-order valence-corrected chi connectivity index (χ1v) is 10.8. The number of amides is 1.